The molecular formula is C54H37NO. The van der Waals surface area contributed by atoms with Crippen molar-refractivity contribution in [2.24, 2.45) is 0 Å². The van der Waals surface area contributed by atoms with Crippen molar-refractivity contribution in [3.63, 3.8) is 0 Å². The summed E-state index contributed by atoms with van der Waals surface area (Å²) in [5.74, 6) is 0. The zero-order valence-corrected chi connectivity index (χ0v) is 30.8. The average Bonchev–Trinajstić information content (AvgIpc) is 3.62. The minimum Gasteiger partial charge on any atom is -0.456 e. The van der Waals surface area contributed by atoms with E-state index in [1.807, 2.05) is 0 Å². The number of fused-ring (bicyclic) bond motifs is 6. The Bertz CT molecular complexity index is 3190. The normalized spacial score (nSPS) is 13.1. The Labute approximate surface area is 325 Å². The van der Waals surface area contributed by atoms with Crippen molar-refractivity contribution in [3.05, 3.63) is 211 Å². The summed E-state index contributed by atoms with van der Waals surface area (Å²) in [6.07, 6.45) is 6.53. The molecule has 0 N–H and O–H groups in total. The van der Waals surface area contributed by atoms with Crippen LogP contribution in [0.3, 0.4) is 0 Å². The van der Waals surface area contributed by atoms with E-state index in [4.69, 9.17) is 4.42 Å². The third-order valence-corrected chi connectivity index (χ3v) is 11.5. The molecule has 0 spiro atoms. The predicted octanol–water partition coefficient (Wildman–Crippen LogP) is 15.3. The Balaban J connectivity index is 1.04. The van der Waals surface area contributed by atoms with Gasteiger partial charge in [-0.2, -0.15) is 0 Å². The Morgan fingerprint density at radius 2 is 1.05 bits per heavy atom. The zero-order valence-electron chi connectivity index (χ0n) is 30.8. The van der Waals surface area contributed by atoms with E-state index in [1.54, 1.807) is 0 Å². The van der Waals surface area contributed by atoms with Gasteiger partial charge in [-0.15, -0.1) is 0 Å². The van der Waals surface area contributed by atoms with Crippen LogP contribution in [0.4, 0.5) is 11.4 Å². The average molecular weight is 716 g/mol. The van der Waals surface area contributed by atoms with E-state index < -0.39 is 0 Å². The van der Waals surface area contributed by atoms with Gasteiger partial charge >= 0.3 is 0 Å². The zero-order chi connectivity index (χ0) is 37.0. The minimum atomic E-state index is 0.910. The molecule has 0 saturated carbocycles. The first-order chi connectivity index (χ1) is 27.7. The van der Waals surface area contributed by atoms with Gasteiger partial charge in [0.05, 0.1) is 0 Å². The second kappa shape index (κ2) is 13.3. The Morgan fingerprint density at radius 3 is 1.91 bits per heavy atom. The number of anilines is 2. The van der Waals surface area contributed by atoms with Gasteiger partial charge in [0, 0.05) is 33.4 Å². The van der Waals surface area contributed by atoms with Gasteiger partial charge in [0.1, 0.15) is 11.2 Å². The summed E-state index contributed by atoms with van der Waals surface area (Å²) in [6.45, 7) is 0. The molecule has 1 heterocycles. The first kappa shape index (κ1) is 32.3. The highest BCUT2D eigenvalue weighted by Crippen LogP contribution is 2.42. The lowest BCUT2D eigenvalue weighted by atomic mass is 9.93. The smallest absolute Gasteiger partial charge is 0.136 e. The molecule has 0 aliphatic heterocycles. The van der Waals surface area contributed by atoms with Crippen molar-refractivity contribution < 1.29 is 4.42 Å². The van der Waals surface area contributed by atoms with Crippen molar-refractivity contribution in [1.29, 1.82) is 0 Å². The number of furan rings is 1. The lowest BCUT2D eigenvalue weighted by molar-refractivity contribution is 0.669. The molecule has 1 aromatic heterocycles. The van der Waals surface area contributed by atoms with Crippen molar-refractivity contribution in [1.82, 2.24) is 0 Å². The van der Waals surface area contributed by atoms with E-state index in [-0.39, 0.29) is 0 Å². The lowest BCUT2D eigenvalue weighted by Gasteiger charge is -2.32. The van der Waals surface area contributed by atoms with E-state index >= 15 is 0 Å². The predicted molar refractivity (Wildman–Crippen MR) is 237 cm³/mol. The van der Waals surface area contributed by atoms with Crippen molar-refractivity contribution >= 4 is 71.2 Å². The Kier molecular flexibility index (Phi) is 7.67. The molecule has 0 fully saturated rings. The molecule has 9 aromatic carbocycles. The van der Waals surface area contributed by atoms with Crippen LogP contribution in [0.5, 0.6) is 0 Å². The fourth-order valence-electron chi connectivity index (χ4n) is 8.70. The molecule has 0 bridgehead atoms. The van der Waals surface area contributed by atoms with Crippen LogP contribution in [0.15, 0.2) is 210 Å². The van der Waals surface area contributed by atoms with Crippen LogP contribution >= 0.6 is 0 Å². The van der Waals surface area contributed by atoms with Crippen LogP contribution in [0.1, 0.15) is 18.4 Å². The monoisotopic (exact) mass is 715 g/mol. The molecule has 2 heteroatoms. The third kappa shape index (κ3) is 5.58. The Hall–Kier alpha value is -7.16. The summed E-state index contributed by atoms with van der Waals surface area (Å²) < 4.78 is 6.41. The van der Waals surface area contributed by atoms with Crippen LogP contribution in [0, 0.1) is 0 Å². The van der Waals surface area contributed by atoms with Gasteiger partial charge in [0.15, 0.2) is 0 Å². The molecule has 2 nitrogen and oxygen atoms in total. The fourth-order valence-corrected chi connectivity index (χ4v) is 8.70. The highest BCUT2D eigenvalue weighted by atomic mass is 16.3. The van der Waals surface area contributed by atoms with Gasteiger partial charge in [0.25, 0.3) is 0 Å². The molecule has 0 radical (unpaired) electrons. The summed E-state index contributed by atoms with van der Waals surface area (Å²) in [5, 5.41) is 9.68. The van der Waals surface area contributed by atoms with Crippen molar-refractivity contribution in [2.45, 2.75) is 12.8 Å². The highest BCUT2D eigenvalue weighted by molar-refractivity contribution is 6.11. The lowest BCUT2D eigenvalue weighted by Crippen LogP contribution is -2.19. The van der Waals surface area contributed by atoms with Crippen LogP contribution in [-0.2, 0) is 0 Å². The van der Waals surface area contributed by atoms with Gasteiger partial charge in [-0.3, -0.25) is 0 Å². The second-order valence-corrected chi connectivity index (χ2v) is 14.8. The van der Waals surface area contributed by atoms with Crippen molar-refractivity contribution in [2.75, 3.05) is 4.90 Å². The quantitative estimate of drug-likeness (QED) is 0.170. The standard InChI is InChI=1S/C54H37NO/c1-2-13-40-32-46(29-25-36(40)11-1)55(45-27-23-37(24-28-45)39-17-9-18-43(31-39)48-21-10-16-38-12-5-6-19-47(38)48)52-22-8-7-20-49(52)44-26-30-53-50(34-44)51-33-41-14-3-4-15-42(41)35-54(51)56-53/h1-7,9-21,23-35H,8,22H2. The van der Waals surface area contributed by atoms with Crippen LogP contribution < -0.4 is 4.90 Å². The molecule has 0 saturated heterocycles. The number of rotatable bonds is 6. The first-order valence-electron chi connectivity index (χ1n) is 19.5. The van der Waals surface area contributed by atoms with E-state index in [0.29, 0.717) is 0 Å². The highest BCUT2D eigenvalue weighted by Gasteiger charge is 2.22. The summed E-state index contributed by atoms with van der Waals surface area (Å²) in [5.41, 5.74) is 12.7. The Morgan fingerprint density at radius 1 is 0.393 bits per heavy atom. The number of hydrogen-bond donors (Lipinski definition) is 0. The van der Waals surface area contributed by atoms with E-state index in [2.05, 4.69) is 205 Å². The van der Waals surface area contributed by atoms with Gasteiger partial charge in [0.2, 0.25) is 0 Å². The maximum absolute atomic E-state index is 6.41. The number of benzene rings is 9. The molecule has 264 valence electrons. The largest absolute Gasteiger partial charge is 0.456 e. The molecule has 56 heavy (non-hydrogen) atoms. The van der Waals surface area contributed by atoms with Gasteiger partial charge < -0.3 is 9.32 Å². The van der Waals surface area contributed by atoms with E-state index in [0.717, 1.165) is 46.2 Å². The molecule has 1 aliphatic carbocycles. The molecule has 0 amide bonds. The molecule has 10 aromatic rings. The third-order valence-electron chi connectivity index (χ3n) is 11.5. The first-order valence-corrected chi connectivity index (χ1v) is 19.5. The van der Waals surface area contributed by atoms with Crippen molar-refractivity contribution in [3.8, 4) is 22.3 Å². The molecule has 11 rings (SSSR count). The molecule has 0 atom stereocenters. The summed E-state index contributed by atoms with van der Waals surface area (Å²) in [6, 6.07) is 68.4. The van der Waals surface area contributed by atoms with Gasteiger partial charge in [-0.25, -0.2) is 0 Å². The van der Waals surface area contributed by atoms with Crippen LogP contribution in [0.25, 0.3) is 82.1 Å². The number of nitrogens with zero attached hydrogens (tertiary/aromatic N) is 1. The number of allylic oxidation sites excluding steroid dienone is 4. The summed E-state index contributed by atoms with van der Waals surface area (Å²) in [4.78, 5) is 2.48. The fraction of sp³-hybridized carbons (Fsp3) is 0.0370. The molecular weight excluding hydrogens is 679 g/mol. The maximum Gasteiger partial charge on any atom is 0.136 e. The minimum absolute atomic E-state index is 0.910. The molecule has 0 unspecified atom stereocenters. The number of hydrogen-bond acceptors (Lipinski definition) is 2. The maximum atomic E-state index is 6.41. The van der Waals surface area contributed by atoms with Gasteiger partial charge in [-0.1, -0.05) is 146 Å². The molecule has 1 aliphatic rings. The van der Waals surface area contributed by atoms with Crippen LogP contribution in [-0.4, -0.2) is 0 Å². The van der Waals surface area contributed by atoms with Crippen LogP contribution in [0.2, 0.25) is 0 Å². The summed E-state index contributed by atoms with van der Waals surface area (Å²) >= 11 is 0. The van der Waals surface area contributed by atoms with Gasteiger partial charge in [-0.05, 0) is 128 Å². The topological polar surface area (TPSA) is 16.4 Å². The summed E-state index contributed by atoms with van der Waals surface area (Å²) in [7, 11) is 0. The van der Waals surface area contributed by atoms with E-state index in [1.165, 1.54) is 71.4 Å². The SMILES string of the molecule is C1=CC(c2ccc3oc4cc5ccccc5cc4c3c2)=C(N(c2ccc(-c3cccc(-c4cccc5ccccc45)c3)cc2)c2ccc3ccccc3c2)CC1. The van der Waals surface area contributed by atoms with E-state index in [9.17, 15) is 0 Å². The second-order valence-electron chi connectivity index (χ2n) is 14.8.